The average Bonchev–Trinajstić information content (AvgIpc) is 2.52. The van der Waals surface area contributed by atoms with Crippen LogP contribution in [0.5, 0.6) is 0 Å². The summed E-state index contributed by atoms with van der Waals surface area (Å²) in [5.74, 6) is 0.414. The van der Waals surface area contributed by atoms with Gasteiger partial charge in [0.15, 0.2) is 6.61 Å². The Morgan fingerprint density at radius 1 is 1.17 bits per heavy atom. The lowest BCUT2D eigenvalue weighted by atomic mass is 9.78. The first-order valence-electron chi connectivity index (χ1n) is 8.42. The molecule has 0 spiro atoms. The van der Waals surface area contributed by atoms with Crippen LogP contribution in [0.2, 0.25) is 0 Å². The van der Waals surface area contributed by atoms with Gasteiger partial charge in [-0.2, -0.15) is 0 Å². The van der Waals surface area contributed by atoms with Crippen molar-refractivity contribution in [2.45, 2.75) is 53.0 Å². The van der Waals surface area contributed by atoms with Crippen LogP contribution in [-0.4, -0.2) is 24.5 Å². The standard InChI is InChI=1S/C19H27NO3/c1-12-8-9-16(10-14(12)3)19(22)23-11-18(21)20-17-7-5-6-13(2)15(17)4/h8-10,13,15,17H,5-7,11H2,1-4H3,(H,20,21)/t13-,15-,17-/m0/s1. The van der Waals surface area contributed by atoms with Crippen LogP contribution in [0.25, 0.3) is 0 Å². The van der Waals surface area contributed by atoms with Crippen LogP contribution in [0, 0.1) is 25.7 Å². The van der Waals surface area contributed by atoms with Crippen LogP contribution >= 0.6 is 0 Å². The summed E-state index contributed by atoms with van der Waals surface area (Å²) in [6.07, 6.45) is 3.36. The third-order valence-corrected chi connectivity index (χ3v) is 5.13. The number of carbonyl (C=O) groups is 2. The number of ether oxygens (including phenoxy) is 1. The molecule has 1 fully saturated rings. The Balaban J connectivity index is 1.84. The number of hydrogen-bond donors (Lipinski definition) is 1. The number of rotatable bonds is 4. The van der Waals surface area contributed by atoms with E-state index in [1.807, 2.05) is 19.9 Å². The summed E-state index contributed by atoms with van der Waals surface area (Å²) in [5, 5.41) is 3.01. The van der Waals surface area contributed by atoms with Gasteiger partial charge in [0, 0.05) is 6.04 Å². The molecule has 0 radical (unpaired) electrons. The Morgan fingerprint density at radius 3 is 2.61 bits per heavy atom. The first-order chi connectivity index (χ1) is 10.9. The zero-order valence-corrected chi connectivity index (χ0v) is 14.5. The largest absolute Gasteiger partial charge is 0.452 e. The molecule has 2 rings (SSSR count). The van der Waals surface area contributed by atoms with E-state index in [9.17, 15) is 9.59 Å². The number of hydrogen-bond acceptors (Lipinski definition) is 3. The summed E-state index contributed by atoms with van der Waals surface area (Å²) >= 11 is 0. The third-order valence-electron chi connectivity index (χ3n) is 5.13. The van der Waals surface area contributed by atoms with Crippen molar-refractivity contribution in [2.75, 3.05) is 6.61 Å². The number of amides is 1. The summed E-state index contributed by atoms with van der Waals surface area (Å²) in [4.78, 5) is 24.1. The highest BCUT2D eigenvalue weighted by Crippen LogP contribution is 2.29. The molecule has 1 aromatic carbocycles. The zero-order chi connectivity index (χ0) is 17.0. The van der Waals surface area contributed by atoms with E-state index >= 15 is 0 Å². The predicted octanol–water partition coefficient (Wildman–Crippen LogP) is 3.40. The number of carbonyl (C=O) groups excluding carboxylic acids is 2. The maximum Gasteiger partial charge on any atom is 0.338 e. The zero-order valence-electron chi connectivity index (χ0n) is 14.5. The fourth-order valence-corrected chi connectivity index (χ4v) is 3.12. The Morgan fingerprint density at radius 2 is 1.91 bits per heavy atom. The van der Waals surface area contributed by atoms with E-state index in [0.29, 0.717) is 17.4 Å². The van der Waals surface area contributed by atoms with Gasteiger partial charge in [0.1, 0.15) is 0 Å². The molecule has 1 aliphatic rings. The molecule has 3 atom stereocenters. The molecule has 1 amide bonds. The van der Waals surface area contributed by atoms with Crippen LogP contribution in [0.1, 0.15) is 54.6 Å². The van der Waals surface area contributed by atoms with Crippen molar-refractivity contribution in [1.29, 1.82) is 0 Å². The van der Waals surface area contributed by atoms with Crippen LogP contribution in [-0.2, 0) is 9.53 Å². The van der Waals surface area contributed by atoms with Crippen molar-refractivity contribution >= 4 is 11.9 Å². The SMILES string of the molecule is Cc1ccc(C(=O)OCC(=O)N[C@H]2CCC[C@H](C)[C@@H]2C)cc1C. The smallest absolute Gasteiger partial charge is 0.338 e. The monoisotopic (exact) mass is 317 g/mol. The lowest BCUT2D eigenvalue weighted by Crippen LogP contribution is -2.45. The minimum atomic E-state index is -0.451. The summed E-state index contributed by atoms with van der Waals surface area (Å²) in [6, 6.07) is 5.59. The number of aryl methyl sites for hydroxylation is 2. The van der Waals surface area contributed by atoms with Crippen LogP contribution < -0.4 is 5.32 Å². The lowest BCUT2D eigenvalue weighted by molar-refractivity contribution is -0.125. The topological polar surface area (TPSA) is 55.4 Å². The van der Waals surface area contributed by atoms with Gasteiger partial charge in [0.25, 0.3) is 5.91 Å². The fraction of sp³-hybridized carbons (Fsp3) is 0.579. The lowest BCUT2D eigenvalue weighted by Gasteiger charge is -2.34. The van der Waals surface area contributed by atoms with E-state index in [2.05, 4.69) is 19.2 Å². The van der Waals surface area contributed by atoms with E-state index in [4.69, 9.17) is 4.74 Å². The van der Waals surface area contributed by atoms with Crippen molar-refractivity contribution in [2.24, 2.45) is 11.8 Å². The quantitative estimate of drug-likeness (QED) is 0.866. The summed E-state index contributed by atoms with van der Waals surface area (Å²) < 4.78 is 5.14. The maximum atomic E-state index is 12.0. The predicted molar refractivity (Wildman–Crippen MR) is 90.3 cm³/mol. The first-order valence-corrected chi connectivity index (χ1v) is 8.42. The Bertz CT molecular complexity index is 582. The summed E-state index contributed by atoms with van der Waals surface area (Å²) in [6.45, 7) is 8.12. The van der Waals surface area contributed by atoms with Crippen molar-refractivity contribution in [3.63, 3.8) is 0 Å². The van der Waals surface area contributed by atoms with Gasteiger partial charge in [-0.1, -0.05) is 32.8 Å². The van der Waals surface area contributed by atoms with Gasteiger partial charge in [-0.05, 0) is 55.4 Å². The normalized spacial score (nSPS) is 24.1. The molecule has 0 saturated heterocycles. The minimum Gasteiger partial charge on any atom is -0.452 e. The molecule has 23 heavy (non-hydrogen) atoms. The van der Waals surface area contributed by atoms with Crippen molar-refractivity contribution in [3.8, 4) is 0 Å². The third kappa shape index (κ3) is 4.57. The number of nitrogens with one attached hydrogen (secondary N) is 1. The fourth-order valence-electron chi connectivity index (χ4n) is 3.12. The second kappa shape index (κ2) is 7.62. The van der Waals surface area contributed by atoms with Gasteiger partial charge in [-0.3, -0.25) is 4.79 Å². The molecule has 0 unspecified atom stereocenters. The van der Waals surface area contributed by atoms with Gasteiger partial charge in [0.05, 0.1) is 5.56 Å². The Labute approximate surface area is 138 Å². The highest BCUT2D eigenvalue weighted by atomic mass is 16.5. The molecule has 0 heterocycles. The van der Waals surface area contributed by atoms with Crippen LogP contribution in [0.15, 0.2) is 18.2 Å². The molecule has 1 saturated carbocycles. The number of esters is 1. The molecule has 1 aromatic rings. The molecule has 126 valence electrons. The number of benzene rings is 1. The van der Waals surface area contributed by atoms with Gasteiger partial charge in [0.2, 0.25) is 0 Å². The first kappa shape index (κ1) is 17.5. The van der Waals surface area contributed by atoms with E-state index in [0.717, 1.165) is 24.0 Å². The molecule has 0 bridgehead atoms. The van der Waals surface area contributed by atoms with E-state index in [-0.39, 0.29) is 18.6 Å². The second-order valence-electron chi connectivity index (χ2n) is 6.82. The highest BCUT2D eigenvalue weighted by molar-refractivity contribution is 5.91. The van der Waals surface area contributed by atoms with Gasteiger partial charge >= 0.3 is 5.97 Å². The molecular weight excluding hydrogens is 290 g/mol. The summed E-state index contributed by atoms with van der Waals surface area (Å²) in [7, 11) is 0. The highest BCUT2D eigenvalue weighted by Gasteiger charge is 2.28. The molecule has 0 aromatic heterocycles. The van der Waals surface area contributed by atoms with Crippen molar-refractivity contribution in [1.82, 2.24) is 5.32 Å². The van der Waals surface area contributed by atoms with Gasteiger partial charge < -0.3 is 10.1 Å². The molecular formula is C19H27NO3. The molecule has 1 N–H and O–H groups in total. The molecule has 4 heteroatoms. The Kier molecular flexibility index (Phi) is 5.80. The van der Waals surface area contributed by atoms with Crippen LogP contribution in [0.3, 0.4) is 0 Å². The minimum absolute atomic E-state index is 0.187. The van der Waals surface area contributed by atoms with E-state index < -0.39 is 5.97 Å². The van der Waals surface area contributed by atoms with E-state index in [1.165, 1.54) is 6.42 Å². The molecule has 0 aliphatic heterocycles. The second-order valence-corrected chi connectivity index (χ2v) is 6.82. The van der Waals surface area contributed by atoms with Gasteiger partial charge in [-0.25, -0.2) is 4.79 Å². The van der Waals surface area contributed by atoms with Crippen molar-refractivity contribution < 1.29 is 14.3 Å². The average molecular weight is 317 g/mol. The Hall–Kier alpha value is -1.84. The molecule has 1 aliphatic carbocycles. The van der Waals surface area contributed by atoms with Gasteiger partial charge in [-0.15, -0.1) is 0 Å². The summed E-state index contributed by atoms with van der Waals surface area (Å²) in [5.41, 5.74) is 2.65. The molecule has 4 nitrogen and oxygen atoms in total. The van der Waals surface area contributed by atoms with Crippen molar-refractivity contribution in [3.05, 3.63) is 34.9 Å². The van der Waals surface area contributed by atoms with E-state index in [1.54, 1.807) is 12.1 Å². The van der Waals surface area contributed by atoms with Crippen LogP contribution in [0.4, 0.5) is 0 Å². The maximum absolute atomic E-state index is 12.0.